The smallest absolute Gasteiger partial charge is 0.223 e. The summed E-state index contributed by atoms with van der Waals surface area (Å²) in [5, 5.41) is 2.94. The summed E-state index contributed by atoms with van der Waals surface area (Å²) in [5.41, 5.74) is 0.711. The Morgan fingerprint density at radius 3 is 2.59 bits per heavy atom. The van der Waals surface area contributed by atoms with Gasteiger partial charge in [-0.2, -0.15) is 0 Å². The first kappa shape index (κ1) is 16.3. The number of amides is 2. The number of ether oxygens (including phenoxy) is 1. The van der Waals surface area contributed by atoms with Gasteiger partial charge in [-0.3, -0.25) is 9.59 Å². The lowest BCUT2D eigenvalue weighted by molar-refractivity contribution is -0.121. The van der Waals surface area contributed by atoms with Crippen LogP contribution in [-0.4, -0.2) is 30.5 Å². The number of hydrogen-bond donors (Lipinski definition) is 1. The van der Waals surface area contributed by atoms with Crippen LogP contribution in [-0.2, 0) is 9.59 Å². The Labute approximate surface area is 131 Å². The highest BCUT2D eigenvalue weighted by atomic mass is 16.5. The van der Waals surface area contributed by atoms with Crippen molar-refractivity contribution in [2.45, 2.75) is 52.2 Å². The molecule has 0 heterocycles. The third-order valence-corrected chi connectivity index (χ3v) is 3.40. The van der Waals surface area contributed by atoms with E-state index >= 15 is 0 Å². The highest BCUT2D eigenvalue weighted by Crippen LogP contribution is 2.29. The van der Waals surface area contributed by atoms with Gasteiger partial charge >= 0.3 is 0 Å². The lowest BCUT2D eigenvalue weighted by atomic mass is 10.2. The monoisotopic (exact) mass is 304 g/mol. The zero-order valence-electron chi connectivity index (χ0n) is 13.5. The van der Waals surface area contributed by atoms with E-state index in [9.17, 15) is 9.59 Å². The van der Waals surface area contributed by atoms with Crippen molar-refractivity contribution in [2.75, 3.05) is 11.4 Å². The van der Waals surface area contributed by atoms with Gasteiger partial charge in [-0.1, -0.05) is 12.1 Å². The average molecular weight is 304 g/mol. The number of carbonyl (C=O) groups is 2. The summed E-state index contributed by atoms with van der Waals surface area (Å²) in [6.45, 7) is 5.74. The predicted molar refractivity (Wildman–Crippen MR) is 86.0 cm³/mol. The van der Waals surface area contributed by atoms with E-state index < -0.39 is 0 Å². The molecule has 2 amide bonds. The van der Waals surface area contributed by atoms with E-state index in [1.54, 1.807) is 4.90 Å². The molecule has 0 saturated heterocycles. The van der Waals surface area contributed by atoms with Crippen LogP contribution in [0.3, 0.4) is 0 Å². The number of para-hydroxylation sites is 2. The van der Waals surface area contributed by atoms with Crippen molar-refractivity contribution in [3.8, 4) is 5.75 Å². The second-order valence-corrected chi connectivity index (χ2v) is 5.90. The van der Waals surface area contributed by atoms with E-state index in [1.165, 1.54) is 6.92 Å². The maximum absolute atomic E-state index is 12.0. The van der Waals surface area contributed by atoms with Crippen molar-refractivity contribution in [1.82, 2.24) is 5.32 Å². The molecule has 1 aliphatic rings. The van der Waals surface area contributed by atoms with Gasteiger partial charge in [0.05, 0.1) is 11.8 Å². The number of nitrogens with one attached hydrogen (secondary N) is 1. The Bertz CT molecular complexity index is 538. The quantitative estimate of drug-likeness (QED) is 0.842. The van der Waals surface area contributed by atoms with Crippen LogP contribution < -0.4 is 15.0 Å². The van der Waals surface area contributed by atoms with Crippen LogP contribution in [0.1, 0.15) is 40.0 Å². The number of carbonyl (C=O) groups excluding carboxylic acids is 2. The molecule has 2 rings (SSSR count). The van der Waals surface area contributed by atoms with Crippen LogP contribution in [0, 0.1) is 0 Å². The zero-order chi connectivity index (χ0) is 16.1. The Hall–Kier alpha value is -2.04. The van der Waals surface area contributed by atoms with Crippen LogP contribution in [0.2, 0.25) is 0 Å². The van der Waals surface area contributed by atoms with Crippen molar-refractivity contribution in [1.29, 1.82) is 0 Å². The van der Waals surface area contributed by atoms with Gasteiger partial charge in [0.2, 0.25) is 11.8 Å². The van der Waals surface area contributed by atoms with Crippen LogP contribution >= 0.6 is 0 Å². The Morgan fingerprint density at radius 2 is 2.00 bits per heavy atom. The van der Waals surface area contributed by atoms with Gasteiger partial charge in [-0.25, -0.2) is 0 Å². The molecule has 0 aliphatic heterocycles. The molecule has 1 saturated carbocycles. The minimum Gasteiger partial charge on any atom is -0.489 e. The summed E-state index contributed by atoms with van der Waals surface area (Å²) in [6.07, 6.45) is 2.44. The first-order valence-corrected chi connectivity index (χ1v) is 7.80. The standard InChI is InChI=1S/C17H24N2O3/c1-12(2)22-16-7-5-4-6-15(16)19(13(3)20)11-10-17(21)18-14-8-9-14/h4-7,12,14H,8-11H2,1-3H3,(H,18,21). The molecule has 22 heavy (non-hydrogen) atoms. The SMILES string of the molecule is CC(=O)N(CCC(=O)NC1CC1)c1ccccc1OC(C)C. The van der Waals surface area contributed by atoms with Crippen LogP contribution in [0.25, 0.3) is 0 Å². The minimum atomic E-state index is -0.0981. The van der Waals surface area contributed by atoms with E-state index in [0.717, 1.165) is 12.8 Å². The third-order valence-electron chi connectivity index (χ3n) is 3.40. The van der Waals surface area contributed by atoms with E-state index in [-0.39, 0.29) is 17.9 Å². The number of benzene rings is 1. The van der Waals surface area contributed by atoms with Gasteiger partial charge in [-0.15, -0.1) is 0 Å². The van der Waals surface area contributed by atoms with E-state index in [1.807, 2.05) is 38.1 Å². The molecular weight excluding hydrogens is 280 g/mol. The Balaban J connectivity index is 2.06. The van der Waals surface area contributed by atoms with Crippen LogP contribution in [0.4, 0.5) is 5.69 Å². The Morgan fingerprint density at radius 1 is 1.32 bits per heavy atom. The van der Waals surface area contributed by atoms with Crippen LogP contribution in [0.15, 0.2) is 24.3 Å². The second kappa shape index (κ2) is 7.29. The third kappa shape index (κ3) is 4.76. The van der Waals surface area contributed by atoms with Gasteiger partial charge in [0.1, 0.15) is 5.75 Å². The summed E-state index contributed by atoms with van der Waals surface area (Å²) in [6, 6.07) is 7.77. The van der Waals surface area contributed by atoms with Crippen molar-refractivity contribution in [3.63, 3.8) is 0 Å². The zero-order valence-corrected chi connectivity index (χ0v) is 13.5. The summed E-state index contributed by atoms with van der Waals surface area (Å²) in [4.78, 5) is 25.4. The minimum absolute atomic E-state index is 0.00370. The van der Waals surface area contributed by atoms with E-state index in [0.29, 0.717) is 30.4 Å². The number of nitrogens with zero attached hydrogens (tertiary/aromatic N) is 1. The molecule has 0 atom stereocenters. The summed E-state index contributed by atoms with van der Waals surface area (Å²) >= 11 is 0. The van der Waals surface area contributed by atoms with Crippen molar-refractivity contribution in [2.24, 2.45) is 0 Å². The Kier molecular flexibility index (Phi) is 5.41. The summed E-state index contributed by atoms with van der Waals surface area (Å²) in [7, 11) is 0. The number of rotatable bonds is 7. The molecule has 0 aromatic heterocycles. The maximum atomic E-state index is 12.0. The summed E-state index contributed by atoms with van der Waals surface area (Å²) in [5.74, 6) is 0.560. The van der Waals surface area contributed by atoms with Gasteiger partial charge in [0.25, 0.3) is 0 Å². The molecule has 0 radical (unpaired) electrons. The van der Waals surface area contributed by atoms with Gasteiger partial charge in [-0.05, 0) is 38.8 Å². The topological polar surface area (TPSA) is 58.6 Å². The van der Waals surface area contributed by atoms with Crippen molar-refractivity contribution >= 4 is 17.5 Å². The molecule has 1 aromatic carbocycles. The molecule has 1 fully saturated rings. The molecule has 120 valence electrons. The average Bonchev–Trinajstić information content (AvgIpc) is 3.23. The van der Waals surface area contributed by atoms with Crippen molar-refractivity contribution < 1.29 is 14.3 Å². The lowest BCUT2D eigenvalue weighted by Gasteiger charge is -2.24. The van der Waals surface area contributed by atoms with Gasteiger partial charge in [0.15, 0.2) is 0 Å². The van der Waals surface area contributed by atoms with E-state index in [2.05, 4.69) is 5.32 Å². The summed E-state index contributed by atoms with van der Waals surface area (Å²) < 4.78 is 5.76. The fourth-order valence-corrected chi connectivity index (χ4v) is 2.22. The molecule has 1 aromatic rings. The molecule has 5 nitrogen and oxygen atoms in total. The first-order chi connectivity index (χ1) is 10.5. The molecule has 0 spiro atoms. The fraction of sp³-hybridized carbons (Fsp3) is 0.529. The van der Waals surface area contributed by atoms with Gasteiger partial charge < -0.3 is 15.0 Å². The highest BCUT2D eigenvalue weighted by Gasteiger charge is 2.24. The number of anilines is 1. The largest absolute Gasteiger partial charge is 0.489 e. The number of hydrogen-bond acceptors (Lipinski definition) is 3. The highest BCUT2D eigenvalue weighted by molar-refractivity contribution is 5.93. The fourth-order valence-electron chi connectivity index (χ4n) is 2.22. The molecule has 5 heteroatoms. The normalized spacial score (nSPS) is 13.8. The van der Waals surface area contributed by atoms with Crippen LogP contribution in [0.5, 0.6) is 5.75 Å². The van der Waals surface area contributed by atoms with Gasteiger partial charge in [0, 0.05) is 25.9 Å². The van der Waals surface area contributed by atoms with E-state index in [4.69, 9.17) is 4.74 Å². The maximum Gasteiger partial charge on any atom is 0.223 e. The molecular formula is C17H24N2O3. The van der Waals surface area contributed by atoms with Crippen molar-refractivity contribution in [3.05, 3.63) is 24.3 Å². The molecule has 0 unspecified atom stereocenters. The lowest BCUT2D eigenvalue weighted by Crippen LogP contribution is -2.34. The first-order valence-electron chi connectivity index (χ1n) is 7.80. The molecule has 1 N–H and O–H groups in total. The molecule has 0 bridgehead atoms. The predicted octanol–water partition coefficient (Wildman–Crippen LogP) is 2.50. The second-order valence-electron chi connectivity index (χ2n) is 5.90. The molecule has 1 aliphatic carbocycles.